The molecule has 0 radical (unpaired) electrons. The summed E-state index contributed by atoms with van der Waals surface area (Å²) in [7, 11) is -1.22. The number of ether oxygens (including phenoxy) is 1. The van der Waals surface area contributed by atoms with Gasteiger partial charge in [-0.3, -0.25) is 0 Å². The maximum atomic E-state index is 5.95. The SMILES string of the molecule is CCCCC[C@H]1CC[C@H](C#C[Si](C)(C)C)O1. The van der Waals surface area contributed by atoms with Gasteiger partial charge in [-0.25, -0.2) is 0 Å². The summed E-state index contributed by atoms with van der Waals surface area (Å²) in [6.07, 6.45) is 8.28. The van der Waals surface area contributed by atoms with Crippen LogP contribution in [0, 0.1) is 11.5 Å². The molecular formula is C14H26OSi. The van der Waals surface area contributed by atoms with Crippen molar-refractivity contribution in [1.82, 2.24) is 0 Å². The van der Waals surface area contributed by atoms with Crippen molar-refractivity contribution >= 4 is 8.07 Å². The Balaban J connectivity index is 2.26. The highest BCUT2D eigenvalue weighted by molar-refractivity contribution is 6.83. The van der Waals surface area contributed by atoms with Crippen molar-refractivity contribution in [1.29, 1.82) is 0 Å². The Hall–Kier alpha value is -0.263. The fraction of sp³-hybridized carbons (Fsp3) is 0.857. The average molecular weight is 238 g/mol. The minimum absolute atomic E-state index is 0.235. The van der Waals surface area contributed by atoms with Crippen molar-refractivity contribution in [3.05, 3.63) is 0 Å². The number of hydrogen-bond acceptors (Lipinski definition) is 1. The van der Waals surface area contributed by atoms with Gasteiger partial charge in [0, 0.05) is 0 Å². The van der Waals surface area contributed by atoms with Crippen LogP contribution in [-0.4, -0.2) is 20.3 Å². The fourth-order valence-electron chi connectivity index (χ4n) is 1.94. The first-order valence-electron chi connectivity index (χ1n) is 6.69. The van der Waals surface area contributed by atoms with Crippen LogP contribution in [0.5, 0.6) is 0 Å². The van der Waals surface area contributed by atoms with E-state index in [1.165, 1.54) is 32.1 Å². The summed E-state index contributed by atoms with van der Waals surface area (Å²) in [4.78, 5) is 0. The van der Waals surface area contributed by atoms with Gasteiger partial charge in [0.15, 0.2) is 0 Å². The molecule has 0 spiro atoms. The Morgan fingerprint density at radius 2 is 1.94 bits per heavy atom. The molecule has 0 amide bonds. The van der Waals surface area contributed by atoms with Crippen LogP contribution in [0.4, 0.5) is 0 Å². The average Bonchev–Trinajstić information content (AvgIpc) is 2.62. The summed E-state index contributed by atoms with van der Waals surface area (Å²) in [5.74, 6) is 3.33. The van der Waals surface area contributed by atoms with Crippen molar-refractivity contribution in [3.8, 4) is 11.5 Å². The summed E-state index contributed by atoms with van der Waals surface area (Å²) in [5.41, 5.74) is 3.42. The first-order valence-corrected chi connectivity index (χ1v) is 10.2. The maximum absolute atomic E-state index is 5.95. The second-order valence-electron chi connectivity index (χ2n) is 5.84. The van der Waals surface area contributed by atoms with Gasteiger partial charge in [0.1, 0.15) is 14.2 Å². The number of unbranched alkanes of at least 4 members (excludes halogenated alkanes) is 2. The largest absolute Gasteiger partial charge is 0.362 e. The first-order chi connectivity index (χ1) is 7.51. The van der Waals surface area contributed by atoms with Gasteiger partial charge in [0.2, 0.25) is 0 Å². The minimum atomic E-state index is -1.22. The van der Waals surface area contributed by atoms with Gasteiger partial charge >= 0.3 is 0 Å². The van der Waals surface area contributed by atoms with Crippen molar-refractivity contribution in [2.45, 2.75) is 77.3 Å². The summed E-state index contributed by atoms with van der Waals surface area (Å²) in [6, 6.07) is 0. The van der Waals surface area contributed by atoms with E-state index < -0.39 is 8.07 Å². The Bertz CT molecular complexity index is 256. The highest BCUT2D eigenvalue weighted by Crippen LogP contribution is 2.23. The first kappa shape index (κ1) is 13.8. The topological polar surface area (TPSA) is 9.23 Å². The van der Waals surface area contributed by atoms with E-state index in [9.17, 15) is 0 Å². The lowest BCUT2D eigenvalue weighted by Crippen LogP contribution is -2.18. The summed E-state index contributed by atoms with van der Waals surface area (Å²) >= 11 is 0. The van der Waals surface area contributed by atoms with Gasteiger partial charge in [0.05, 0.1) is 6.10 Å². The highest BCUT2D eigenvalue weighted by atomic mass is 28.3. The zero-order valence-electron chi connectivity index (χ0n) is 11.3. The van der Waals surface area contributed by atoms with Crippen LogP contribution in [0.3, 0.4) is 0 Å². The van der Waals surface area contributed by atoms with Crippen LogP contribution in [0.1, 0.15) is 45.4 Å². The second kappa shape index (κ2) is 6.47. The van der Waals surface area contributed by atoms with E-state index in [2.05, 4.69) is 38.0 Å². The van der Waals surface area contributed by atoms with Crippen LogP contribution in [0.25, 0.3) is 0 Å². The summed E-state index contributed by atoms with van der Waals surface area (Å²) < 4.78 is 5.95. The normalized spacial score (nSPS) is 25.2. The van der Waals surface area contributed by atoms with E-state index in [4.69, 9.17) is 4.74 Å². The molecule has 0 N–H and O–H groups in total. The molecule has 0 aromatic heterocycles. The van der Waals surface area contributed by atoms with E-state index >= 15 is 0 Å². The molecule has 92 valence electrons. The molecular weight excluding hydrogens is 212 g/mol. The lowest BCUT2D eigenvalue weighted by atomic mass is 10.1. The van der Waals surface area contributed by atoms with E-state index in [0.717, 1.165) is 6.42 Å². The van der Waals surface area contributed by atoms with E-state index in [-0.39, 0.29) is 6.10 Å². The van der Waals surface area contributed by atoms with Crippen LogP contribution in [0.15, 0.2) is 0 Å². The van der Waals surface area contributed by atoms with Crippen molar-refractivity contribution in [2.75, 3.05) is 0 Å². The predicted octanol–water partition coefficient (Wildman–Crippen LogP) is 4.00. The number of rotatable bonds is 4. The zero-order chi connectivity index (χ0) is 12.0. The monoisotopic (exact) mass is 238 g/mol. The van der Waals surface area contributed by atoms with E-state index in [1.807, 2.05) is 0 Å². The van der Waals surface area contributed by atoms with Crippen LogP contribution in [0.2, 0.25) is 19.6 Å². The fourth-order valence-corrected chi connectivity index (χ4v) is 2.54. The Morgan fingerprint density at radius 3 is 2.56 bits per heavy atom. The second-order valence-corrected chi connectivity index (χ2v) is 10.6. The third kappa shape index (κ3) is 5.72. The molecule has 0 saturated carbocycles. The molecule has 1 saturated heterocycles. The smallest absolute Gasteiger partial charge is 0.129 e. The predicted molar refractivity (Wildman–Crippen MR) is 73.2 cm³/mol. The van der Waals surface area contributed by atoms with E-state index in [0.29, 0.717) is 6.10 Å². The highest BCUT2D eigenvalue weighted by Gasteiger charge is 2.23. The standard InChI is InChI=1S/C14H26OSi/c1-5-6-7-8-13-9-10-14(15-13)11-12-16(2,3)4/h13-14H,5-10H2,1-4H3/t13-,14+/m0/s1. The molecule has 0 aromatic carbocycles. The van der Waals surface area contributed by atoms with Gasteiger partial charge in [-0.2, -0.15) is 0 Å². The summed E-state index contributed by atoms with van der Waals surface area (Å²) in [6.45, 7) is 9.10. The molecule has 0 aliphatic carbocycles. The quantitative estimate of drug-likeness (QED) is 0.409. The lowest BCUT2D eigenvalue weighted by molar-refractivity contribution is 0.0688. The Kier molecular flexibility index (Phi) is 5.58. The minimum Gasteiger partial charge on any atom is -0.362 e. The molecule has 2 heteroatoms. The van der Waals surface area contributed by atoms with Crippen LogP contribution in [-0.2, 0) is 4.74 Å². The van der Waals surface area contributed by atoms with Crippen molar-refractivity contribution in [3.63, 3.8) is 0 Å². The molecule has 16 heavy (non-hydrogen) atoms. The van der Waals surface area contributed by atoms with Crippen molar-refractivity contribution < 1.29 is 4.74 Å². The van der Waals surface area contributed by atoms with Crippen LogP contribution < -0.4 is 0 Å². The molecule has 1 aliphatic heterocycles. The van der Waals surface area contributed by atoms with Gasteiger partial charge in [0.25, 0.3) is 0 Å². The third-order valence-electron chi connectivity index (χ3n) is 2.85. The molecule has 1 nitrogen and oxygen atoms in total. The lowest BCUT2D eigenvalue weighted by Gasteiger charge is -2.10. The van der Waals surface area contributed by atoms with Gasteiger partial charge < -0.3 is 4.74 Å². The van der Waals surface area contributed by atoms with E-state index in [1.54, 1.807) is 0 Å². The Morgan fingerprint density at radius 1 is 1.19 bits per heavy atom. The third-order valence-corrected chi connectivity index (χ3v) is 3.74. The molecule has 1 aliphatic rings. The molecule has 0 aromatic rings. The molecule has 1 rings (SSSR count). The Labute approximate surface area is 102 Å². The van der Waals surface area contributed by atoms with Gasteiger partial charge in [-0.1, -0.05) is 51.7 Å². The number of hydrogen-bond donors (Lipinski definition) is 0. The van der Waals surface area contributed by atoms with Crippen molar-refractivity contribution in [2.24, 2.45) is 0 Å². The summed E-state index contributed by atoms with van der Waals surface area (Å²) in [5, 5.41) is 0. The van der Waals surface area contributed by atoms with Gasteiger partial charge in [-0.05, 0) is 19.3 Å². The zero-order valence-corrected chi connectivity index (χ0v) is 12.3. The molecule has 2 atom stereocenters. The maximum Gasteiger partial charge on any atom is 0.129 e. The van der Waals surface area contributed by atoms with Crippen LogP contribution >= 0.6 is 0 Å². The molecule has 0 bridgehead atoms. The molecule has 1 heterocycles. The molecule has 1 fully saturated rings. The van der Waals surface area contributed by atoms with Gasteiger partial charge in [-0.15, -0.1) is 5.54 Å². The molecule has 0 unspecified atom stereocenters.